The van der Waals surface area contributed by atoms with Gasteiger partial charge in [-0.15, -0.1) is 0 Å². The fourth-order valence-corrected chi connectivity index (χ4v) is 0.977. The first kappa shape index (κ1) is 12.1. The van der Waals surface area contributed by atoms with Gasteiger partial charge in [0.15, 0.2) is 0 Å². The monoisotopic (exact) mass is 186 g/mol. The molecule has 0 heterocycles. The van der Waals surface area contributed by atoms with Gasteiger partial charge in [-0.1, -0.05) is 32.0 Å². The zero-order valence-electron chi connectivity index (χ0n) is 8.57. The summed E-state index contributed by atoms with van der Waals surface area (Å²) in [6, 6.07) is 4.75. The SMILES string of the molecule is CC.Cc1cccc(C(C)F)c1F. The molecule has 0 aliphatic rings. The summed E-state index contributed by atoms with van der Waals surface area (Å²) >= 11 is 0. The standard InChI is InChI=1S/C9H10F2.C2H6/c1-6-4-3-5-8(7(2)10)9(6)11;1-2/h3-5,7H,1-2H3;1-2H3. The molecule has 0 aliphatic heterocycles. The summed E-state index contributed by atoms with van der Waals surface area (Å²) in [7, 11) is 0. The molecule has 1 aromatic rings. The van der Waals surface area contributed by atoms with Crippen LogP contribution in [0.1, 0.15) is 38.1 Å². The molecule has 0 fully saturated rings. The van der Waals surface area contributed by atoms with Gasteiger partial charge in [-0.2, -0.15) is 0 Å². The molecule has 0 radical (unpaired) electrons. The van der Waals surface area contributed by atoms with Crippen molar-refractivity contribution >= 4 is 0 Å². The van der Waals surface area contributed by atoms with Gasteiger partial charge in [0.1, 0.15) is 12.0 Å². The molecule has 1 atom stereocenters. The Labute approximate surface area is 78.6 Å². The van der Waals surface area contributed by atoms with Crippen LogP contribution in [0, 0.1) is 12.7 Å². The number of hydrogen-bond donors (Lipinski definition) is 0. The second-order valence-electron chi connectivity index (χ2n) is 2.59. The van der Waals surface area contributed by atoms with Crippen LogP contribution in [0.15, 0.2) is 18.2 Å². The lowest BCUT2D eigenvalue weighted by molar-refractivity contribution is 0.360. The van der Waals surface area contributed by atoms with Crippen LogP contribution in [0.25, 0.3) is 0 Å². The first-order valence-corrected chi connectivity index (χ1v) is 4.52. The lowest BCUT2D eigenvalue weighted by Crippen LogP contribution is -1.93. The van der Waals surface area contributed by atoms with Gasteiger partial charge in [0.05, 0.1) is 0 Å². The van der Waals surface area contributed by atoms with E-state index < -0.39 is 12.0 Å². The minimum absolute atomic E-state index is 0.144. The predicted octanol–water partition coefficient (Wildman–Crippen LogP) is 4.19. The molecule has 1 rings (SSSR count). The molecule has 0 aliphatic carbocycles. The Morgan fingerprint density at radius 3 is 2.15 bits per heavy atom. The molecule has 0 bridgehead atoms. The zero-order valence-corrected chi connectivity index (χ0v) is 8.57. The van der Waals surface area contributed by atoms with Gasteiger partial charge in [0.2, 0.25) is 0 Å². The van der Waals surface area contributed by atoms with Crippen molar-refractivity contribution in [3.63, 3.8) is 0 Å². The minimum atomic E-state index is -1.23. The Morgan fingerprint density at radius 1 is 1.23 bits per heavy atom. The minimum Gasteiger partial charge on any atom is -0.242 e. The second-order valence-corrected chi connectivity index (χ2v) is 2.59. The van der Waals surface area contributed by atoms with E-state index in [1.54, 1.807) is 19.1 Å². The van der Waals surface area contributed by atoms with Crippen molar-refractivity contribution < 1.29 is 8.78 Å². The Balaban J connectivity index is 0.000000671. The van der Waals surface area contributed by atoms with Gasteiger partial charge >= 0.3 is 0 Å². The maximum atomic E-state index is 13.0. The zero-order chi connectivity index (χ0) is 10.4. The number of benzene rings is 1. The average molecular weight is 186 g/mol. The quantitative estimate of drug-likeness (QED) is 0.616. The Kier molecular flexibility index (Phi) is 5.28. The molecule has 0 nitrogen and oxygen atoms in total. The number of alkyl halides is 1. The van der Waals surface area contributed by atoms with Crippen molar-refractivity contribution in [2.24, 2.45) is 0 Å². The Bertz CT molecular complexity index is 254. The van der Waals surface area contributed by atoms with Crippen LogP contribution in [0.3, 0.4) is 0 Å². The molecular weight excluding hydrogens is 170 g/mol. The van der Waals surface area contributed by atoms with Crippen molar-refractivity contribution in [3.05, 3.63) is 35.1 Å². The van der Waals surface area contributed by atoms with Gasteiger partial charge in [0, 0.05) is 5.56 Å². The van der Waals surface area contributed by atoms with Gasteiger partial charge in [-0.25, -0.2) is 8.78 Å². The van der Waals surface area contributed by atoms with Crippen molar-refractivity contribution in [2.45, 2.75) is 33.9 Å². The summed E-state index contributed by atoms with van der Waals surface area (Å²) < 4.78 is 25.6. The van der Waals surface area contributed by atoms with Crippen molar-refractivity contribution in [2.75, 3.05) is 0 Å². The number of hydrogen-bond acceptors (Lipinski definition) is 0. The normalized spacial score (nSPS) is 11.5. The first-order valence-electron chi connectivity index (χ1n) is 4.52. The summed E-state index contributed by atoms with van der Waals surface area (Å²) in [4.78, 5) is 0. The molecule has 0 saturated carbocycles. The molecule has 13 heavy (non-hydrogen) atoms. The third kappa shape index (κ3) is 3.13. The van der Waals surface area contributed by atoms with Gasteiger partial charge in [0.25, 0.3) is 0 Å². The molecule has 2 heteroatoms. The van der Waals surface area contributed by atoms with Gasteiger partial charge in [-0.3, -0.25) is 0 Å². The van der Waals surface area contributed by atoms with Crippen LogP contribution in [0.5, 0.6) is 0 Å². The van der Waals surface area contributed by atoms with E-state index in [9.17, 15) is 8.78 Å². The van der Waals surface area contributed by atoms with E-state index in [0.717, 1.165) is 0 Å². The summed E-state index contributed by atoms with van der Waals surface area (Å²) in [5.74, 6) is -0.428. The highest BCUT2D eigenvalue weighted by molar-refractivity contribution is 5.26. The molecule has 1 aromatic carbocycles. The van der Waals surface area contributed by atoms with E-state index in [-0.39, 0.29) is 5.56 Å². The summed E-state index contributed by atoms with van der Waals surface area (Å²) in [5, 5.41) is 0. The summed E-state index contributed by atoms with van der Waals surface area (Å²) in [5.41, 5.74) is 0.636. The maximum absolute atomic E-state index is 13.0. The molecule has 0 aromatic heterocycles. The van der Waals surface area contributed by atoms with Crippen LogP contribution in [0.2, 0.25) is 0 Å². The topological polar surface area (TPSA) is 0 Å². The fourth-order valence-electron chi connectivity index (χ4n) is 0.977. The third-order valence-electron chi connectivity index (χ3n) is 1.65. The van der Waals surface area contributed by atoms with Crippen molar-refractivity contribution in [3.8, 4) is 0 Å². The number of halogens is 2. The summed E-state index contributed by atoms with van der Waals surface area (Å²) in [6.45, 7) is 6.96. The highest BCUT2D eigenvalue weighted by Gasteiger charge is 2.09. The van der Waals surface area contributed by atoms with Crippen LogP contribution in [0.4, 0.5) is 8.78 Å². The van der Waals surface area contributed by atoms with Gasteiger partial charge < -0.3 is 0 Å². The maximum Gasteiger partial charge on any atom is 0.132 e. The van der Waals surface area contributed by atoms with E-state index >= 15 is 0 Å². The molecular formula is C11H16F2. The predicted molar refractivity (Wildman–Crippen MR) is 52.0 cm³/mol. The molecule has 0 saturated heterocycles. The highest BCUT2D eigenvalue weighted by atomic mass is 19.1. The van der Waals surface area contributed by atoms with E-state index in [1.165, 1.54) is 13.0 Å². The molecule has 0 spiro atoms. The molecule has 1 unspecified atom stereocenters. The van der Waals surface area contributed by atoms with E-state index in [4.69, 9.17) is 0 Å². The van der Waals surface area contributed by atoms with Crippen LogP contribution >= 0.6 is 0 Å². The smallest absolute Gasteiger partial charge is 0.132 e. The van der Waals surface area contributed by atoms with Crippen LogP contribution in [-0.4, -0.2) is 0 Å². The first-order chi connectivity index (χ1) is 6.13. The van der Waals surface area contributed by atoms with Crippen molar-refractivity contribution in [1.82, 2.24) is 0 Å². The van der Waals surface area contributed by atoms with E-state index in [0.29, 0.717) is 5.56 Å². The average Bonchev–Trinajstić information content (AvgIpc) is 2.13. The Hall–Kier alpha value is -0.920. The Morgan fingerprint density at radius 2 is 1.77 bits per heavy atom. The van der Waals surface area contributed by atoms with E-state index in [1.807, 2.05) is 13.8 Å². The van der Waals surface area contributed by atoms with Crippen LogP contribution in [-0.2, 0) is 0 Å². The third-order valence-corrected chi connectivity index (χ3v) is 1.65. The largest absolute Gasteiger partial charge is 0.242 e. The molecule has 74 valence electrons. The number of aryl methyl sites for hydroxylation is 1. The number of rotatable bonds is 1. The lowest BCUT2D eigenvalue weighted by Gasteiger charge is -2.04. The highest BCUT2D eigenvalue weighted by Crippen LogP contribution is 2.21. The van der Waals surface area contributed by atoms with Gasteiger partial charge in [-0.05, 0) is 19.4 Å². The molecule has 0 amide bonds. The second kappa shape index (κ2) is 5.68. The van der Waals surface area contributed by atoms with E-state index in [2.05, 4.69) is 0 Å². The van der Waals surface area contributed by atoms with Crippen molar-refractivity contribution in [1.29, 1.82) is 0 Å². The molecule has 0 N–H and O–H groups in total. The lowest BCUT2D eigenvalue weighted by atomic mass is 10.1. The van der Waals surface area contributed by atoms with Crippen LogP contribution < -0.4 is 0 Å². The summed E-state index contributed by atoms with van der Waals surface area (Å²) in [6.07, 6.45) is -1.23. The fraction of sp³-hybridized carbons (Fsp3) is 0.455.